The van der Waals surface area contributed by atoms with Gasteiger partial charge < -0.3 is 58.0 Å². The van der Waals surface area contributed by atoms with Crippen LogP contribution in [-0.2, 0) is 57.0 Å². The Hall–Kier alpha value is -6.55. The number of carbonyl (C=O) groups excluding carboxylic acids is 2. The van der Waals surface area contributed by atoms with Crippen molar-refractivity contribution in [3.63, 3.8) is 0 Å². The molecule has 10 rings (SSSR count). The highest BCUT2D eigenvalue weighted by atomic mass is 32.2. The molecule has 2 fully saturated rings. The minimum absolute atomic E-state index is 0.0411. The number of hydrogen-bond donors (Lipinski definition) is 1. The number of methoxy groups -OCH3 is 4. The van der Waals surface area contributed by atoms with E-state index in [1.165, 1.54) is 0 Å². The maximum absolute atomic E-state index is 13.6. The normalized spacial score (nSPS) is 18.2. The molecule has 0 bridgehead atoms. The van der Waals surface area contributed by atoms with E-state index >= 15 is 0 Å². The van der Waals surface area contributed by atoms with E-state index in [1.807, 2.05) is 112 Å². The van der Waals surface area contributed by atoms with Crippen molar-refractivity contribution in [2.24, 2.45) is 0 Å². The van der Waals surface area contributed by atoms with Crippen molar-refractivity contribution in [1.82, 2.24) is 48.8 Å². The largest absolute Gasteiger partial charge is 0.461 e. The number of aromatic nitrogens is 10. The Labute approximate surface area is 586 Å². The van der Waals surface area contributed by atoms with E-state index in [1.54, 1.807) is 62.7 Å². The lowest BCUT2D eigenvalue weighted by Gasteiger charge is -2.38. The Kier molecular flexibility index (Phi) is 27.5. The third-order valence-electron chi connectivity index (χ3n) is 17.8. The first-order chi connectivity index (χ1) is 47.3. The molecule has 0 amide bonds. The van der Waals surface area contributed by atoms with Crippen LogP contribution in [0.5, 0.6) is 0 Å². The van der Waals surface area contributed by atoms with Crippen molar-refractivity contribution in [3.8, 4) is 33.6 Å². The maximum atomic E-state index is 13.6. The Morgan fingerprint density at radius 1 is 0.531 bits per heavy atom. The van der Waals surface area contributed by atoms with E-state index in [0.29, 0.717) is 129 Å². The zero-order valence-electron chi connectivity index (χ0n) is 59.2. The van der Waals surface area contributed by atoms with Gasteiger partial charge in [0.25, 0.3) is 0 Å². The molecule has 2 aliphatic carbocycles. The molecule has 98 heavy (non-hydrogen) atoms. The number of rotatable bonds is 35. The average molecular weight is 1420 g/mol. The Morgan fingerprint density at radius 2 is 0.929 bits per heavy atom. The van der Waals surface area contributed by atoms with Gasteiger partial charge in [0.05, 0.1) is 97.0 Å². The number of nitrogens with zero attached hydrogens (tertiary/aromatic N) is 11. The van der Waals surface area contributed by atoms with Crippen LogP contribution in [0.4, 0.5) is 11.6 Å². The molecule has 2 aliphatic rings. The van der Waals surface area contributed by atoms with Crippen LogP contribution in [0.15, 0.2) is 108 Å². The standard InChI is InChI=1S/C41H64N6O7SSi2.C29H36N6O5S/c1-49-19-21-53-40(48)41(54-22-20-50-2)17-15-32(16-18-41)36-37(55-3)39(45(30-51-23-25-56(4,5)6)31-52-24-26-57(7,8)9)47-38(44-36)35(28-43-47)33-27-42-46(29-33)34-13-11-10-12-14-34;1-37-13-15-39-28(36)29(40-16-14-38-2)11-9-20(10-12-29)24-25(41-3)26(30)35-27(33-24)23(18-32-35)21-17-31-34(19-21)22-7-5-4-6-8-22/h10-14,27-29,32H,15-26,30-31H2,1-9H3;4-8,17-20H,9-16,30H2,1-3H3. The quantitative estimate of drug-likeness (QED) is 0.0127. The van der Waals surface area contributed by atoms with Crippen molar-refractivity contribution in [3.05, 3.63) is 109 Å². The lowest BCUT2D eigenvalue weighted by Crippen LogP contribution is -2.46. The van der Waals surface area contributed by atoms with Crippen LogP contribution in [0.2, 0.25) is 51.4 Å². The summed E-state index contributed by atoms with van der Waals surface area (Å²) >= 11 is 3.21. The molecule has 2 saturated carbocycles. The summed E-state index contributed by atoms with van der Waals surface area (Å²) in [7, 11) is 3.77. The summed E-state index contributed by atoms with van der Waals surface area (Å²) in [6, 6.07) is 22.1. The predicted octanol–water partition coefficient (Wildman–Crippen LogP) is 12.1. The predicted molar refractivity (Wildman–Crippen MR) is 389 cm³/mol. The number of ether oxygens (including phenoxy) is 10. The summed E-state index contributed by atoms with van der Waals surface area (Å²) in [5.41, 5.74) is 13.3. The van der Waals surface area contributed by atoms with Gasteiger partial charge in [0.15, 0.2) is 28.3 Å². The van der Waals surface area contributed by atoms with Gasteiger partial charge in [0.1, 0.15) is 32.5 Å². The number of carbonyl (C=O) groups is 2. The molecule has 6 aromatic heterocycles. The smallest absolute Gasteiger partial charge is 0.338 e. The fourth-order valence-corrected chi connectivity index (χ4v) is 15.2. The van der Waals surface area contributed by atoms with Crippen LogP contribution in [0, 0.1) is 0 Å². The van der Waals surface area contributed by atoms with Crippen molar-refractivity contribution in [2.45, 2.75) is 136 Å². The lowest BCUT2D eigenvalue weighted by atomic mass is 9.77. The first-order valence-electron chi connectivity index (χ1n) is 33.7. The van der Waals surface area contributed by atoms with Crippen LogP contribution in [0.1, 0.15) is 74.6 Å². The van der Waals surface area contributed by atoms with E-state index in [4.69, 9.17) is 73.3 Å². The highest BCUT2D eigenvalue weighted by Crippen LogP contribution is 2.47. The van der Waals surface area contributed by atoms with Gasteiger partial charge in [-0.3, -0.25) is 0 Å². The summed E-state index contributed by atoms with van der Waals surface area (Å²) in [6.45, 7) is 18.6. The van der Waals surface area contributed by atoms with Gasteiger partial charge >= 0.3 is 11.9 Å². The van der Waals surface area contributed by atoms with E-state index in [2.05, 4.69) is 60.6 Å². The van der Waals surface area contributed by atoms with Crippen LogP contribution in [-0.4, -0.2) is 209 Å². The monoisotopic (exact) mass is 1420 g/mol. The first kappa shape index (κ1) is 75.7. The number of anilines is 2. The van der Waals surface area contributed by atoms with E-state index < -0.39 is 27.3 Å². The molecule has 2 aromatic carbocycles. The number of nitrogens with two attached hydrogens (primary N) is 1. The molecule has 0 unspecified atom stereocenters. The lowest BCUT2D eigenvalue weighted by molar-refractivity contribution is -0.181. The first-order valence-corrected chi connectivity index (χ1v) is 43.5. The number of para-hydroxylation sites is 2. The molecule has 0 aliphatic heterocycles. The van der Waals surface area contributed by atoms with Gasteiger partial charge in [0.2, 0.25) is 0 Å². The molecular weight excluding hydrogens is 1320 g/mol. The second-order valence-corrected chi connectivity index (χ2v) is 40.0. The molecule has 24 nitrogen and oxygen atoms in total. The number of nitrogen functional groups attached to an aromatic ring is 1. The third kappa shape index (κ3) is 19.1. The van der Waals surface area contributed by atoms with E-state index in [0.717, 1.165) is 78.4 Å². The van der Waals surface area contributed by atoms with Gasteiger partial charge in [-0.2, -0.15) is 29.4 Å². The zero-order chi connectivity index (χ0) is 69.9. The topological polar surface area (TPSA) is 252 Å². The molecule has 0 radical (unpaired) electrons. The van der Waals surface area contributed by atoms with Crippen LogP contribution in [0.3, 0.4) is 0 Å². The Morgan fingerprint density at radius 3 is 1.34 bits per heavy atom. The average Bonchev–Trinajstić information content (AvgIpc) is 1.48. The SMILES string of the molecule is COCCOC(=O)C1(OCCOC)CCC(c2nc3c(-c4cnn(-c5ccccc5)c4)cnn3c(N(COCC[Si](C)(C)C)COCC[Si](C)(C)C)c2SC)CC1.COCCOC(=O)C1(OCCOC)CCC(c2nc3c(-c4cnn(-c5ccccc5)c4)cnn3c(N)c2SC)CC1. The molecule has 0 spiro atoms. The molecule has 532 valence electrons. The summed E-state index contributed by atoms with van der Waals surface area (Å²) in [6.07, 6.45) is 20.1. The van der Waals surface area contributed by atoms with Gasteiger partial charge in [-0.15, -0.1) is 23.5 Å². The highest BCUT2D eigenvalue weighted by Gasteiger charge is 2.47. The van der Waals surface area contributed by atoms with Crippen molar-refractivity contribution < 1.29 is 57.0 Å². The number of fused-ring (bicyclic) bond motifs is 2. The number of esters is 2. The number of hydrogen-bond acceptors (Lipinski definition) is 22. The number of thioether (sulfide) groups is 2. The van der Waals surface area contributed by atoms with Crippen molar-refractivity contribution in [2.75, 3.05) is 131 Å². The van der Waals surface area contributed by atoms with E-state index in [9.17, 15) is 9.59 Å². The third-order valence-corrected chi connectivity index (χ3v) is 22.8. The van der Waals surface area contributed by atoms with Gasteiger partial charge in [-0.05, 0) is 100 Å². The van der Waals surface area contributed by atoms with Gasteiger partial charge in [-0.25, -0.2) is 28.9 Å². The molecule has 6 heterocycles. The maximum Gasteiger partial charge on any atom is 0.338 e. The van der Waals surface area contributed by atoms with Crippen LogP contribution >= 0.6 is 23.5 Å². The minimum Gasteiger partial charge on any atom is -0.461 e. The molecule has 0 atom stereocenters. The van der Waals surface area contributed by atoms with Gasteiger partial charge in [0, 0.05) is 104 Å². The van der Waals surface area contributed by atoms with Crippen molar-refractivity contribution in [1.29, 1.82) is 0 Å². The summed E-state index contributed by atoms with van der Waals surface area (Å²) in [4.78, 5) is 41.5. The summed E-state index contributed by atoms with van der Waals surface area (Å²) < 4.78 is 64.5. The molecule has 2 N–H and O–H groups in total. The van der Waals surface area contributed by atoms with Gasteiger partial charge in [-0.1, -0.05) is 75.7 Å². The molecule has 8 aromatic rings. The summed E-state index contributed by atoms with van der Waals surface area (Å²) in [5.74, 6) is 0.855. The second kappa shape index (κ2) is 35.7. The minimum atomic E-state index is -1.32. The van der Waals surface area contributed by atoms with Crippen LogP contribution in [0.25, 0.3) is 44.9 Å². The Balaban J connectivity index is 0.000000241. The van der Waals surface area contributed by atoms with Crippen LogP contribution < -0.4 is 10.6 Å². The van der Waals surface area contributed by atoms with Crippen molar-refractivity contribution >= 4 is 74.5 Å². The Bertz CT molecular complexity index is 3790. The highest BCUT2D eigenvalue weighted by molar-refractivity contribution is 7.99. The summed E-state index contributed by atoms with van der Waals surface area (Å²) in [5, 5.41) is 18.8. The van der Waals surface area contributed by atoms with E-state index in [-0.39, 0.29) is 37.0 Å². The number of benzene rings is 2. The zero-order valence-corrected chi connectivity index (χ0v) is 62.8. The fourth-order valence-electron chi connectivity index (χ4n) is 12.1. The molecule has 28 heteroatoms. The molecule has 0 saturated heterocycles. The second-order valence-electron chi connectivity index (χ2n) is 27.1. The fraction of sp³-hybridized carbons (Fsp3) is 0.543. The molecular formula is C70H100N12O12S2Si2.